The number of phenolic OH excluding ortho intramolecular Hbond substituents is 1. The van der Waals surface area contributed by atoms with Gasteiger partial charge in [0.25, 0.3) is 5.91 Å². The van der Waals surface area contributed by atoms with Crippen LogP contribution in [0.4, 0.5) is 11.4 Å². The van der Waals surface area contributed by atoms with Crippen molar-refractivity contribution in [3.8, 4) is 34.8 Å². The average molecular weight is 497 g/mol. The van der Waals surface area contributed by atoms with Crippen LogP contribution < -0.4 is 15.4 Å². The lowest BCUT2D eigenvalue weighted by molar-refractivity contribution is -0.114. The smallest absolute Gasteiger partial charge is 0.337 e. The molecule has 0 bridgehead atoms. The van der Waals surface area contributed by atoms with Crippen LogP contribution in [0.15, 0.2) is 48.5 Å². The van der Waals surface area contributed by atoms with E-state index in [0.29, 0.717) is 17.0 Å². The lowest BCUT2D eigenvalue weighted by atomic mass is 9.94. The molecule has 0 aliphatic carbocycles. The number of nitrogens with zero attached hydrogens (tertiary/aromatic N) is 2. The second-order valence-electron chi connectivity index (χ2n) is 7.63. The Bertz CT molecular complexity index is 1550. The van der Waals surface area contributed by atoms with Crippen LogP contribution in [0, 0.1) is 28.1 Å². The normalized spacial score (nSPS) is 9.95. The average Bonchev–Trinajstić information content (AvgIpc) is 2.87. The van der Waals surface area contributed by atoms with Gasteiger partial charge in [-0.2, -0.15) is 10.5 Å². The van der Waals surface area contributed by atoms with E-state index in [-0.39, 0.29) is 39.4 Å². The van der Waals surface area contributed by atoms with Gasteiger partial charge in [0, 0.05) is 29.3 Å². The standard InChI is InChI=1S/C26H19N5O6/c1-13(32)30-16-4-6-23(37-2)18(9-16)17-10-20(22(33)8-15(17)12-28)24(29)25(34)31-21-5-3-14(11-27)7-19(21)26(35)36/h3-10,29,33H,1-2H3,(H,30,32)(H,31,34)(H,35,36). The van der Waals surface area contributed by atoms with Crippen LogP contribution in [0.3, 0.4) is 0 Å². The van der Waals surface area contributed by atoms with Gasteiger partial charge in [0.1, 0.15) is 17.2 Å². The zero-order valence-electron chi connectivity index (χ0n) is 19.5. The molecule has 37 heavy (non-hydrogen) atoms. The molecule has 0 aliphatic heterocycles. The highest BCUT2D eigenvalue weighted by Gasteiger charge is 2.22. The molecule has 0 heterocycles. The van der Waals surface area contributed by atoms with Gasteiger partial charge in [0.15, 0.2) is 0 Å². The maximum absolute atomic E-state index is 12.9. The molecule has 184 valence electrons. The van der Waals surface area contributed by atoms with Gasteiger partial charge in [-0.3, -0.25) is 15.0 Å². The fourth-order valence-electron chi connectivity index (χ4n) is 3.51. The van der Waals surface area contributed by atoms with Gasteiger partial charge in [0.05, 0.1) is 41.6 Å². The molecule has 3 rings (SSSR count). The van der Waals surface area contributed by atoms with Crippen LogP contribution >= 0.6 is 0 Å². The Morgan fingerprint density at radius 1 is 0.946 bits per heavy atom. The minimum Gasteiger partial charge on any atom is -0.507 e. The number of hydrogen-bond acceptors (Lipinski definition) is 8. The first-order chi connectivity index (χ1) is 17.6. The minimum atomic E-state index is -1.39. The van der Waals surface area contributed by atoms with Crippen molar-refractivity contribution in [2.45, 2.75) is 6.92 Å². The van der Waals surface area contributed by atoms with E-state index in [4.69, 9.17) is 15.4 Å². The third kappa shape index (κ3) is 5.53. The van der Waals surface area contributed by atoms with E-state index in [1.807, 2.05) is 6.07 Å². The number of anilines is 2. The minimum absolute atomic E-state index is 0.00740. The number of nitrogens with one attached hydrogen (secondary N) is 3. The number of methoxy groups -OCH3 is 1. The maximum Gasteiger partial charge on any atom is 0.337 e. The summed E-state index contributed by atoms with van der Waals surface area (Å²) in [7, 11) is 1.40. The molecule has 0 fully saturated rings. The highest BCUT2D eigenvalue weighted by Crippen LogP contribution is 2.37. The number of carbonyl (C=O) groups excluding carboxylic acids is 2. The predicted molar refractivity (Wildman–Crippen MR) is 133 cm³/mol. The van der Waals surface area contributed by atoms with Crippen molar-refractivity contribution < 1.29 is 29.3 Å². The van der Waals surface area contributed by atoms with Crippen LogP contribution in [-0.2, 0) is 9.59 Å². The molecule has 2 amide bonds. The van der Waals surface area contributed by atoms with Gasteiger partial charge >= 0.3 is 5.97 Å². The Morgan fingerprint density at radius 3 is 2.27 bits per heavy atom. The molecule has 0 atom stereocenters. The molecule has 0 aliphatic rings. The predicted octanol–water partition coefficient (Wildman–Crippen LogP) is 3.47. The van der Waals surface area contributed by atoms with Gasteiger partial charge in [0.2, 0.25) is 5.91 Å². The van der Waals surface area contributed by atoms with Crippen LogP contribution in [0.5, 0.6) is 11.5 Å². The molecule has 0 radical (unpaired) electrons. The summed E-state index contributed by atoms with van der Waals surface area (Å²) in [6.45, 7) is 1.33. The number of carboxylic acid groups (broad SMARTS) is 1. The first-order valence-electron chi connectivity index (χ1n) is 10.5. The maximum atomic E-state index is 12.9. The molecule has 0 aromatic heterocycles. The van der Waals surface area contributed by atoms with Crippen molar-refractivity contribution in [1.29, 1.82) is 15.9 Å². The first-order valence-corrected chi connectivity index (χ1v) is 10.5. The van der Waals surface area contributed by atoms with Crippen molar-refractivity contribution >= 4 is 34.9 Å². The Labute approximate surface area is 210 Å². The number of benzene rings is 3. The SMILES string of the molecule is COc1ccc(NC(C)=O)cc1-c1cc(C(=N)C(=O)Nc2ccc(C#N)cc2C(=O)O)c(O)cc1C#N. The summed E-state index contributed by atoms with van der Waals surface area (Å²) in [6.07, 6.45) is 0. The fourth-order valence-corrected chi connectivity index (χ4v) is 3.51. The summed E-state index contributed by atoms with van der Waals surface area (Å²) < 4.78 is 5.37. The zero-order valence-corrected chi connectivity index (χ0v) is 19.5. The van der Waals surface area contributed by atoms with Gasteiger partial charge in [-0.1, -0.05) is 0 Å². The van der Waals surface area contributed by atoms with Gasteiger partial charge in [-0.15, -0.1) is 0 Å². The highest BCUT2D eigenvalue weighted by atomic mass is 16.5. The number of ether oxygens (including phenoxy) is 1. The Morgan fingerprint density at radius 2 is 1.68 bits per heavy atom. The number of rotatable bonds is 7. The van der Waals surface area contributed by atoms with Gasteiger partial charge < -0.3 is 25.6 Å². The van der Waals surface area contributed by atoms with Crippen molar-refractivity contribution in [3.63, 3.8) is 0 Å². The van der Waals surface area contributed by atoms with Crippen molar-refractivity contribution in [2.75, 3.05) is 17.7 Å². The third-order valence-electron chi connectivity index (χ3n) is 5.19. The number of aromatic hydroxyl groups is 1. The summed E-state index contributed by atoms with van der Waals surface area (Å²) >= 11 is 0. The van der Waals surface area contributed by atoms with Gasteiger partial charge in [-0.25, -0.2) is 4.79 Å². The number of carbonyl (C=O) groups is 3. The molecular weight excluding hydrogens is 478 g/mol. The summed E-state index contributed by atoms with van der Waals surface area (Å²) in [6, 6.07) is 14.4. The molecule has 0 saturated heterocycles. The third-order valence-corrected chi connectivity index (χ3v) is 5.19. The first kappa shape index (κ1) is 25.9. The summed E-state index contributed by atoms with van der Waals surface area (Å²) in [5, 5.41) is 51.9. The number of hydrogen-bond donors (Lipinski definition) is 5. The zero-order chi connectivity index (χ0) is 27.3. The summed E-state index contributed by atoms with van der Waals surface area (Å²) in [4.78, 5) is 35.9. The van der Waals surface area contributed by atoms with Crippen LogP contribution in [0.2, 0.25) is 0 Å². The number of carboxylic acids is 1. The van der Waals surface area contributed by atoms with Crippen LogP contribution in [0.25, 0.3) is 11.1 Å². The van der Waals surface area contributed by atoms with Crippen LogP contribution in [-0.4, -0.2) is 40.8 Å². The molecule has 11 nitrogen and oxygen atoms in total. The number of aromatic carboxylic acids is 1. The lowest BCUT2D eigenvalue weighted by Crippen LogP contribution is -2.24. The molecule has 0 saturated carbocycles. The van der Waals surface area contributed by atoms with Gasteiger partial charge in [-0.05, 0) is 48.5 Å². The quantitative estimate of drug-likeness (QED) is 0.306. The van der Waals surface area contributed by atoms with Crippen molar-refractivity contribution in [2.24, 2.45) is 0 Å². The number of nitriles is 2. The Hall–Kier alpha value is -5.68. The Balaban J connectivity index is 2.07. The van der Waals surface area contributed by atoms with E-state index in [0.717, 1.165) is 12.1 Å². The summed E-state index contributed by atoms with van der Waals surface area (Å²) in [5.41, 5.74) is -0.449. The van der Waals surface area contributed by atoms with E-state index in [1.54, 1.807) is 18.2 Å². The molecule has 0 unspecified atom stereocenters. The van der Waals surface area contributed by atoms with E-state index in [1.165, 1.54) is 38.3 Å². The summed E-state index contributed by atoms with van der Waals surface area (Å²) in [5.74, 6) is -2.98. The molecular formula is C26H19N5O6. The van der Waals surface area contributed by atoms with Crippen molar-refractivity contribution in [1.82, 2.24) is 0 Å². The molecule has 11 heteroatoms. The second kappa shape index (κ2) is 10.7. The van der Waals surface area contributed by atoms with E-state index in [9.17, 15) is 29.9 Å². The molecule has 3 aromatic carbocycles. The fraction of sp³-hybridized carbons (Fsp3) is 0.0769. The molecule has 5 N–H and O–H groups in total. The monoisotopic (exact) mass is 497 g/mol. The van der Waals surface area contributed by atoms with E-state index in [2.05, 4.69) is 10.6 Å². The molecule has 0 spiro atoms. The molecule has 3 aromatic rings. The van der Waals surface area contributed by atoms with Crippen molar-refractivity contribution in [3.05, 3.63) is 70.8 Å². The number of phenols is 1. The highest BCUT2D eigenvalue weighted by molar-refractivity contribution is 6.48. The lowest BCUT2D eigenvalue weighted by Gasteiger charge is -2.15. The van der Waals surface area contributed by atoms with E-state index >= 15 is 0 Å². The largest absolute Gasteiger partial charge is 0.507 e. The van der Waals surface area contributed by atoms with Crippen LogP contribution in [0.1, 0.15) is 34.0 Å². The number of amides is 2. The Kier molecular flexibility index (Phi) is 7.51. The topological polar surface area (TPSA) is 196 Å². The second-order valence-corrected chi connectivity index (χ2v) is 7.63. The van der Waals surface area contributed by atoms with E-state index < -0.39 is 23.3 Å².